The van der Waals surface area contributed by atoms with E-state index in [9.17, 15) is 18.0 Å². The fourth-order valence-electron chi connectivity index (χ4n) is 3.25. The van der Waals surface area contributed by atoms with Crippen LogP contribution in [0.25, 0.3) is 0 Å². The van der Waals surface area contributed by atoms with E-state index in [-0.39, 0.29) is 16.2 Å². The van der Waals surface area contributed by atoms with Gasteiger partial charge in [-0.25, -0.2) is 13.2 Å². The van der Waals surface area contributed by atoms with Crippen molar-refractivity contribution in [1.29, 1.82) is 0 Å². The second-order valence-corrected chi connectivity index (χ2v) is 9.15. The first-order valence-corrected chi connectivity index (χ1v) is 11.2. The Hall–Kier alpha value is -2.51. The van der Waals surface area contributed by atoms with E-state index in [2.05, 4.69) is 0 Å². The van der Waals surface area contributed by atoms with E-state index in [1.165, 1.54) is 28.6 Å². The number of rotatable bonds is 6. The Morgan fingerprint density at radius 3 is 2.24 bits per heavy atom. The summed E-state index contributed by atoms with van der Waals surface area (Å²) in [5, 5.41) is 0. The highest BCUT2D eigenvalue weighted by Crippen LogP contribution is 2.21. The Morgan fingerprint density at radius 1 is 0.931 bits per heavy atom. The van der Waals surface area contributed by atoms with E-state index < -0.39 is 22.6 Å². The molecule has 0 aliphatic carbocycles. The standard InChI is InChI=1S/C22H25NO5S/c1-17-9-11-18(12-10-17)21(24)16-28-22(25)19-7-6-8-20(15-19)29(26,27)23-13-4-2-3-5-14-23/h6-12,15H,2-5,13-14,16H2,1H3. The van der Waals surface area contributed by atoms with Gasteiger partial charge in [-0.2, -0.15) is 4.31 Å². The molecule has 1 heterocycles. The molecule has 1 fully saturated rings. The van der Waals surface area contributed by atoms with Crippen LogP contribution in [0.2, 0.25) is 0 Å². The van der Waals surface area contributed by atoms with Gasteiger partial charge in [0.2, 0.25) is 10.0 Å². The van der Waals surface area contributed by atoms with E-state index in [1.54, 1.807) is 12.1 Å². The molecule has 0 bridgehead atoms. The predicted octanol–water partition coefficient (Wildman–Crippen LogP) is 3.60. The SMILES string of the molecule is Cc1ccc(C(=O)COC(=O)c2cccc(S(=O)(=O)N3CCCCCC3)c2)cc1. The maximum Gasteiger partial charge on any atom is 0.338 e. The highest BCUT2D eigenvalue weighted by molar-refractivity contribution is 7.89. The number of carbonyl (C=O) groups is 2. The number of Topliss-reactive ketones (excluding diaryl/α,β-unsaturated/α-hetero) is 1. The second kappa shape index (κ2) is 9.33. The molecule has 154 valence electrons. The van der Waals surface area contributed by atoms with Crippen molar-refractivity contribution in [2.45, 2.75) is 37.5 Å². The third-order valence-corrected chi connectivity index (χ3v) is 6.88. The first-order valence-electron chi connectivity index (χ1n) is 9.75. The normalized spacial score (nSPS) is 15.5. The van der Waals surface area contributed by atoms with E-state index in [1.807, 2.05) is 19.1 Å². The van der Waals surface area contributed by atoms with Gasteiger partial charge in [0.1, 0.15) is 0 Å². The van der Waals surface area contributed by atoms with Gasteiger partial charge in [0.05, 0.1) is 10.5 Å². The Bertz CT molecular complexity index is 975. The minimum absolute atomic E-state index is 0.0683. The molecule has 3 rings (SSSR count). The van der Waals surface area contributed by atoms with Crippen LogP contribution < -0.4 is 0 Å². The van der Waals surface area contributed by atoms with Crippen molar-refractivity contribution in [1.82, 2.24) is 4.31 Å². The number of hydrogen-bond donors (Lipinski definition) is 0. The monoisotopic (exact) mass is 415 g/mol. The molecule has 1 aliphatic rings. The summed E-state index contributed by atoms with van der Waals surface area (Å²) in [7, 11) is -3.66. The highest BCUT2D eigenvalue weighted by atomic mass is 32.2. The fraction of sp³-hybridized carbons (Fsp3) is 0.364. The molecule has 1 aliphatic heterocycles. The second-order valence-electron chi connectivity index (χ2n) is 7.21. The van der Waals surface area contributed by atoms with Crippen LogP contribution in [-0.4, -0.2) is 44.2 Å². The van der Waals surface area contributed by atoms with Crippen molar-refractivity contribution in [3.63, 3.8) is 0 Å². The molecule has 6 nitrogen and oxygen atoms in total. The van der Waals surface area contributed by atoms with Crippen molar-refractivity contribution in [2.24, 2.45) is 0 Å². The molecule has 0 N–H and O–H groups in total. The summed E-state index contributed by atoms with van der Waals surface area (Å²) in [6.07, 6.45) is 3.71. The van der Waals surface area contributed by atoms with Gasteiger partial charge in [0.15, 0.2) is 12.4 Å². The van der Waals surface area contributed by atoms with Crippen LogP contribution in [0.4, 0.5) is 0 Å². The lowest BCUT2D eigenvalue weighted by Gasteiger charge is -2.20. The molecular weight excluding hydrogens is 390 g/mol. The van der Waals surface area contributed by atoms with Crippen molar-refractivity contribution in [3.8, 4) is 0 Å². The number of ether oxygens (including phenoxy) is 1. The van der Waals surface area contributed by atoms with Crippen LogP contribution in [-0.2, 0) is 14.8 Å². The Kier molecular flexibility index (Phi) is 6.82. The molecule has 0 saturated carbocycles. The summed E-state index contributed by atoms with van der Waals surface area (Å²) in [4.78, 5) is 24.6. The predicted molar refractivity (Wildman–Crippen MR) is 109 cm³/mol. The molecule has 2 aromatic rings. The summed E-state index contributed by atoms with van der Waals surface area (Å²) in [5.74, 6) is -1.04. The summed E-state index contributed by atoms with van der Waals surface area (Å²) in [6.45, 7) is 2.50. The van der Waals surface area contributed by atoms with Crippen LogP contribution >= 0.6 is 0 Å². The average Bonchev–Trinajstić information content (AvgIpc) is 3.02. The number of hydrogen-bond acceptors (Lipinski definition) is 5. The van der Waals surface area contributed by atoms with Crippen molar-refractivity contribution in [3.05, 3.63) is 65.2 Å². The van der Waals surface area contributed by atoms with Crippen LogP contribution in [0.1, 0.15) is 52.0 Å². The number of sulfonamides is 1. The lowest BCUT2D eigenvalue weighted by Crippen LogP contribution is -2.32. The molecule has 2 aromatic carbocycles. The van der Waals surface area contributed by atoms with Crippen molar-refractivity contribution < 1.29 is 22.7 Å². The first-order chi connectivity index (χ1) is 13.9. The summed E-state index contributed by atoms with van der Waals surface area (Å²) >= 11 is 0. The van der Waals surface area contributed by atoms with Gasteiger partial charge in [-0.1, -0.05) is 48.7 Å². The smallest absolute Gasteiger partial charge is 0.338 e. The zero-order valence-electron chi connectivity index (χ0n) is 16.5. The molecule has 0 atom stereocenters. The van der Waals surface area contributed by atoms with Crippen LogP contribution in [0.5, 0.6) is 0 Å². The molecule has 0 unspecified atom stereocenters. The topological polar surface area (TPSA) is 80.8 Å². The van der Waals surface area contributed by atoms with Crippen LogP contribution in [0.15, 0.2) is 53.4 Å². The molecule has 7 heteroatoms. The molecule has 1 saturated heterocycles. The number of carbonyl (C=O) groups excluding carboxylic acids is 2. The highest BCUT2D eigenvalue weighted by Gasteiger charge is 2.26. The summed E-state index contributed by atoms with van der Waals surface area (Å²) in [6, 6.07) is 12.8. The van der Waals surface area contributed by atoms with E-state index in [0.29, 0.717) is 18.7 Å². The van der Waals surface area contributed by atoms with Crippen molar-refractivity contribution >= 4 is 21.8 Å². The molecule has 0 radical (unpaired) electrons. The number of benzene rings is 2. The lowest BCUT2D eigenvalue weighted by atomic mass is 10.1. The molecule has 0 spiro atoms. The summed E-state index contributed by atoms with van der Waals surface area (Å²) < 4.78 is 32.4. The molecular formula is C22H25NO5S. The van der Waals surface area contributed by atoms with Gasteiger partial charge < -0.3 is 4.74 Å². The van der Waals surface area contributed by atoms with Crippen molar-refractivity contribution in [2.75, 3.05) is 19.7 Å². The van der Waals surface area contributed by atoms with Gasteiger partial charge in [-0.05, 0) is 38.0 Å². The first kappa shape index (κ1) is 21.2. The van der Waals surface area contributed by atoms with Gasteiger partial charge in [0.25, 0.3) is 0 Å². The zero-order chi connectivity index (χ0) is 20.9. The number of esters is 1. The van der Waals surface area contributed by atoms with Gasteiger partial charge >= 0.3 is 5.97 Å². The van der Waals surface area contributed by atoms with E-state index in [0.717, 1.165) is 31.2 Å². The van der Waals surface area contributed by atoms with Gasteiger partial charge in [-0.15, -0.1) is 0 Å². The van der Waals surface area contributed by atoms with E-state index >= 15 is 0 Å². The Labute approximate surface area is 171 Å². The van der Waals surface area contributed by atoms with Crippen LogP contribution in [0.3, 0.4) is 0 Å². The maximum absolute atomic E-state index is 12.9. The third-order valence-electron chi connectivity index (χ3n) is 4.98. The number of ketones is 1. The number of nitrogens with zero attached hydrogens (tertiary/aromatic N) is 1. The fourth-order valence-corrected chi connectivity index (χ4v) is 4.82. The molecule has 29 heavy (non-hydrogen) atoms. The average molecular weight is 416 g/mol. The van der Waals surface area contributed by atoms with E-state index in [4.69, 9.17) is 4.74 Å². The number of aryl methyl sites for hydroxylation is 1. The van der Waals surface area contributed by atoms with Gasteiger partial charge in [0, 0.05) is 18.7 Å². The van der Waals surface area contributed by atoms with Gasteiger partial charge in [-0.3, -0.25) is 4.79 Å². The minimum atomic E-state index is -3.66. The Balaban J connectivity index is 1.69. The molecule has 0 aromatic heterocycles. The lowest BCUT2D eigenvalue weighted by molar-refractivity contribution is 0.0474. The summed E-state index contributed by atoms with van der Waals surface area (Å²) in [5.41, 5.74) is 1.60. The molecule has 0 amide bonds. The maximum atomic E-state index is 12.9. The van der Waals surface area contributed by atoms with Crippen LogP contribution in [0, 0.1) is 6.92 Å². The Morgan fingerprint density at radius 2 is 1.59 bits per heavy atom. The minimum Gasteiger partial charge on any atom is -0.454 e. The quantitative estimate of drug-likeness (QED) is 0.532. The zero-order valence-corrected chi connectivity index (χ0v) is 17.3. The largest absolute Gasteiger partial charge is 0.454 e. The third kappa shape index (κ3) is 5.31.